The highest BCUT2D eigenvalue weighted by Gasteiger charge is 2.80. The maximum atomic E-state index is 12.0. The molecule has 2 aliphatic rings. The summed E-state index contributed by atoms with van der Waals surface area (Å²) in [6.45, 7) is 3.24. The molecular formula is C9H6Cl6O2S. The zero-order valence-electron chi connectivity index (χ0n) is 8.56. The molecule has 3 unspecified atom stereocenters. The third-order valence-electron chi connectivity index (χ3n) is 3.35. The number of fused-ring (bicyclic) bond motifs is 2. The van der Waals surface area contributed by atoms with Crippen LogP contribution in [0.4, 0.5) is 0 Å². The first kappa shape index (κ1) is 15.6. The smallest absolute Gasteiger partial charge is 0.176 e. The standard InChI is InChI=1S/C9H6Cl6O2S/c1-2-18(16,17)4-3-7(12)5(10)6(11)8(4,13)9(7,14)15/h2,4H,1,3H2. The van der Waals surface area contributed by atoms with Gasteiger partial charge in [-0.2, -0.15) is 0 Å². The van der Waals surface area contributed by atoms with Crippen molar-refractivity contribution in [3.05, 3.63) is 22.1 Å². The minimum atomic E-state index is -3.75. The molecule has 2 bridgehead atoms. The summed E-state index contributed by atoms with van der Waals surface area (Å²) in [6, 6.07) is 0. The van der Waals surface area contributed by atoms with Crippen molar-refractivity contribution in [2.45, 2.75) is 25.8 Å². The fourth-order valence-corrected chi connectivity index (χ4v) is 7.10. The van der Waals surface area contributed by atoms with E-state index in [0.29, 0.717) is 0 Å². The molecule has 0 spiro atoms. The predicted molar refractivity (Wildman–Crippen MR) is 77.9 cm³/mol. The van der Waals surface area contributed by atoms with Gasteiger partial charge in [-0.1, -0.05) is 53.0 Å². The second-order valence-electron chi connectivity index (χ2n) is 4.16. The van der Waals surface area contributed by atoms with Crippen LogP contribution in [0.5, 0.6) is 0 Å². The van der Waals surface area contributed by atoms with Crippen LogP contribution in [0.25, 0.3) is 0 Å². The molecule has 2 nitrogen and oxygen atoms in total. The van der Waals surface area contributed by atoms with Crippen LogP contribution in [0.3, 0.4) is 0 Å². The van der Waals surface area contributed by atoms with Gasteiger partial charge in [-0.05, 0) is 6.42 Å². The van der Waals surface area contributed by atoms with Crippen molar-refractivity contribution in [2.75, 3.05) is 0 Å². The Balaban J connectivity index is 2.75. The lowest BCUT2D eigenvalue weighted by Gasteiger charge is -2.32. The van der Waals surface area contributed by atoms with Gasteiger partial charge in [0, 0.05) is 5.41 Å². The number of rotatable bonds is 2. The van der Waals surface area contributed by atoms with Gasteiger partial charge in [-0.15, -0.1) is 23.2 Å². The van der Waals surface area contributed by atoms with Gasteiger partial charge in [0.05, 0.1) is 15.3 Å². The largest absolute Gasteiger partial charge is 0.224 e. The lowest BCUT2D eigenvalue weighted by Crippen LogP contribution is -2.47. The molecule has 1 saturated carbocycles. The zero-order valence-corrected chi connectivity index (χ0v) is 13.9. The summed E-state index contributed by atoms with van der Waals surface area (Å²) < 4.78 is 22.1. The summed E-state index contributed by atoms with van der Waals surface area (Å²) in [7, 11) is -3.75. The summed E-state index contributed by atoms with van der Waals surface area (Å²) in [6.07, 6.45) is -0.130. The Morgan fingerprint density at radius 1 is 1.17 bits per heavy atom. The van der Waals surface area contributed by atoms with Gasteiger partial charge in [0.2, 0.25) is 0 Å². The number of hydrogen-bond acceptors (Lipinski definition) is 2. The van der Waals surface area contributed by atoms with Crippen molar-refractivity contribution in [3.8, 4) is 0 Å². The van der Waals surface area contributed by atoms with E-state index in [1.807, 2.05) is 0 Å². The number of hydrogen-bond donors (Lipinski definition) is 0. The number of allylic oxidation sites excluding steroid dienone is 2. The molecule has 0 N–H and O–H groups in total. The average molecular weight is 391 g/mol. The Morgan fingerprint density at radius 2 is 1.67 bits per heavy atom. The Hall–Kier alpha value is 1.17. The van der Waals surface area contributed by atoms with Crippen LogP contribution in [0, 0.1) is 0 Å². The van der Waals surface area contributed by atoms with Gasteiger partial charge < -0.3 is 0 Å². The van der Waals surface area contributed by atoms with Crippen LogP contribution >= 0.6 is 69.6 Å². The Morgan fingerprint density at radius 3 is 2.00 bits per heavy atom. The van der Waals surface area contributed by atoms with Gasteiger partial charge in [0.15, 0.2) is 14.2 Å². The molecule has 9 heteroatoms. The van der Waals surface area contributed by atoms with E-state index < -0.39 is 29.2 Å². The fraction of sp³-hybridized carbons (Fsp3) is 0.556. The van der Waals surface area contributed by atoms with E-state index in [2.05, 4.69) is 6.58 Å². The molecular weight excluding hydrogens is 385 g/mol. The molecule has 0 heterocycles. The molecule has 18 heavy (non-hydrogen) atoms. The molecule has 0 amide bonds. The number of alkyl halides is 4. The van der Waals surface area contributed by atoms with Crippen molar-refractivity contribution in [2.24, 2.45) is 0 Å². The first-order chi connectivity index (χ1) is 7.97. The Kier molecular flexibility index (Phi) is 3.54. The van der Waals surface area contributed by atoms with Crippen molar-refractivity contribution in [3.63, 3.8) is 0 Å². The van der Waals surface area contributed by atoms with E-state index in [1.165, 1.54) is 0 Å². The second kappa shape index (κ2) is 4.09. The molecule has 3 atom stereocenters. The van der Waals surface area contributed by atoms with Crippen LogP contribution in [0.2, 0.25) is 0 Å². The van der Waals surface area contributed by atoms with Crippen molar-refractivity contribution in [1.82, 2.24) is 0 Å². The monoisotopic (exact) mass is 388 g/mol. The van der Waals surface area contributed by atoms with E-state index >= 15 is 0 Å². The highest BCUT2D eigenvalue weighted by Crippen LogP contribution is 2.73. The minimum Gasteiger partial charge on any atom is -0.224 e. The average Bonchev–Trinajstić information content (AvgIpc) is 2.51. The van der Waals surface area contributed by atoms with Crippen molar-refractivity contribution < 1.29 is 8.42 Å². The molecule has 2 aliphatic carbocycles. The van der Waals surface area contributed by atoms with Crippen LogP contribution in [0.1, 0.15) is 6.42 Å². The normalized spacial score (nSPS) is 42.4. The SMILES string of the molecule is C=CS(=O)(=O)C1CC2(Cl)C(Cl)=C(Cl)C1(Cl)C2(Cl)Cl. The van der Waals surface area contributed by atoms with E-state index in [4.69, 9.17) is 69.6 Å². The highest BCUT2D eigenvalue weighted by atomic mass is 35.5. The minimum absolute atomic E-state index is 0.0126. The maximum absolute atomic E-state index is 12.0. The quantitative estimate of drug-likeness (QED) is 0.664. The van der Waals surface area contributed by atoms with Gasteiger partial charge in [-0.25, -0.2) is 8.42 Å². The van der Waals surface area contributed by atoms with Crippen LogP contribution < -0.4 is 0 Å². The van der Waals surface area contributed by atoms with E-state index in [1.54, 1.807) is 0 Å². The molecule has 1 fully saturated rings. The van der Waals surface area contributed by atoms with E-state index in [-0.39, 0.29) is 16.5 Å². The van der Waals surface area contributed by atoms with Crippen molar-refractivity contribution >= 4 is 79.4 Å². The summed E-state index contributed by atoms with van der Waals surface area (Å²) in [5.41, 5.74) is 0. The highest BCUT2D eigenvalue weighted by molar-refractivity contribution is 7.95. The molecule has 0 radical (unpaired) electrons. The summed E-state index contributed by atoms with van der Waals surface area (Å²) in [5.74, 6) is 0. The van der Waals surface area contributed by atoms with Crippen LogP contribution in [-0.2, 0) is 9.84 Å². The maximum Gasteiger partial charge on any atom is 0.176 e. The van der Waals surface area contributed by atoms with Crippen molar-refractivity contribution in [1.29, 1.82) is 0 Å². The molecule has 2 rings (SSSR count). The predicted octanol–water partition coefficient (Wildman–Crippen LogP) is 4.15. The summed E-state index contributed by atoms with van der Waals surface area (Å²) in [4.78, 5) is -3.29. The first-order valence-corrected chi connectivity index (χ1v) is 8.52. The van der Waals surface area contributed by atoms with Gasteiger partial charge in [-0.3, -0.25) is 0 Å². The number of sulfone groups is 1. The summed E-state index contributed by atoms with van der Waals surface area (Å²) in [5, 5.41) is -0.537. The summed E-state index contributed by atoms with van der Waals surface area (Å²) >= 11 is 36.8. The second-order valence-corrected chi connectivity index (χ2v) is 9.57. The first-order valence-electron chi connectivity index (χ1n) is 4.65. The lowest BCUT2D eigenvalue weighted by molar-refractivity contribution is 0.574. The van der Waals surface area contributed by atoms with Gasteiger partial charge in [0.25, 0.3) is 0 Å². The Labute approximate surface area is 135 Å². The van der Waals surface area contributed by atoms with E-state index in [0.717, 1.165) is 5.41 Å². The van der Waals surface area contributed by atoms with Crippen LogP contribution in [-0.4, -0.2) is 27.7 Å². The fourth-order valence-electron chi connectivity index (χ4n) is 2.31. The lowest BCUT2D eigenvalue weighted by atomic mass is 10.1. The molecule has 0 aromatic carbocycles. The molecule has 102 valence electrons. The van der Waals surface area contributed by atoms with Crippen LogP contribution in [0.15, 0.2) is 22.1 Å². The Bertz CT molecular complexity index is 568. The van der Waals surface area contributed by atoms with Gasteiger partial charge >= 0.3 is 0 Å². The number of halogens is 6. The zero-order chi connectivity index (χ0) is 14.1. The third-order valence-corrected chi connectivity index (χ3v) is 9.54. The van der Waals surface area contributed by atoms with Gasteiger partial charge in [0.1, 0.15) is 9.75 Å². The molecule has 0 saturated heterocycles. The molecule has 0 aliphatic heterocycles. The topological polar surface area (TPSA) is 34.1 Å². The third kappa shape index (κ3) is 1.47. The molecule has 0 aromatic rings. The van der Waals surface area contributed by atoms with E-state index in [9.17, 15) is 8.42 Å². The molecule has 0 aromatic heterocycles.